The average molecular weight is 204 g/mol. The topological polar surface area (TPSA) is 9.23 Å². The van der Waals surface area contributed by atoms with Crippen LogP contribution < -0.4 is 0 Å². The Morgan fingerprint density at radius 2 is 1.80 bits per heavy atom. The van der Waals surface area contributed by atoms with E-state index in [-0.39, 0.29) is 0 Å². The first-order chi connectivity index (χ1) is 7.22. The summed E-state index contributed by atoms with van der Waals surface area (Å²) in [5, 5.41) is 0. The van der Waals surface area contributed by atoms with Crippen LogP contribution in [0.4, 0.5) is 0 Å². The molecule has 2 atom stereocenters. The number of ether oxygens (including phenoxy) is 1. The van der Waals surface area contributed by atoms with E-state index in [9.17, 15) is 0 Å². The summed E-state index contributed by atoms with van der Waals surface area (Å²) in [7, 11) is 1.76. The van der Waals surface area contributed by atoms with Crippen molar-refractivity contribution >= 4 is 0 Å². The molecule has 0 aromatic heterocycles. The fraction of sp³-hybridized carbons (Fsp3) is 0.571. The fourth-order valence-electron chi connectivity index (χ4n) is 2.57. The third-order valence-corrected chi connectivity index (χ3v) is 3.56. The second-order valence-electron chi connectivity index (χ2n) is 4.78. The Morgan fingerprint density at radius 1 is 1.13 bits per heavy atom. The predicted molar refractivity (Wildman–Crippen MR) is 63.2 cm³/mol. The van der Waals surface area contributed by atoms with Crippen LogP contribution >= 0.6 is 0 Å². The van der Waals surface area contributed by atoms with E-state index in [1.165, 1.54) is 18.4 Å². The zero-order valence-corrected chi connectivity index (χ0v) is 9.92. The van der Waals surface area contributed by atoms with Crippen molar-refractivity contribution in [3.63, 3.8) is 0 Å². The lowest BCUT2D eigenvalue weighted by Crippen LogP contribution is -2.11. The Kier molecular flexibility index (Phi) is 3.11. The smallest absolute Gasteiger partial charge is 0.0713 e. The molecule has 0 bridgehead atoms. The van der Waals surface area contributed by atoms with Crippen LogP contribution in [0.15, 0.2) is 18.2 Å². The van der Waals surface area contributed by atoms with Gasteiger partial charge in [0.25, 0.3) is 0 Å². The summed E-state index contributed by atoms with van der Waals surface area (Å²) in [5.74, 6) is 1.45. The molecular formula is C14H20O. The Labute approximate surface area is 92.5 Å². The van der Waals surface area contributed by atoms with Crippen molar-refractivity contribution in [1.82, 2.24) is 0 Å². The second-order valence-corrected chi connectivity index (χ2v) is 4.78. The summed E-state index contributed by atoms with van der Waals surface area (Å²) in [6, 6.07) is 6.83. The van der Waals surface area contributed by atoms with Gasteiger partial charge in [-0.15, -0.1) is 0 Å². The summed E-state index contributed by atoms with van der Waals surface area (Å²) >= 11 is 0. The first-order valence-electron chi connectivity index (χ1n) is 5.84. The van der Waals surface area contributed by atoms with Crippen molar-refractivity contribution in [2.45, 2.75) is 45.1 Å². The van der Waals surface area contributed by atoms with Gasteiger partial charge in [-0.2, -0.15) is 0 Å². The van der Waals surface area contributed by atoms with Gasteiger partial charge in [0, 0.05) is 7.11 Å². The van der Waals surface area contributed by atoms with E-state index in [4.69, 9.17) is 4.74 Å². The summed E-state index contributed by atoms with van der Waals surface area (Å²) in [6.07, 6.45) is 2.66. The molecule has 15 heavy (non-hydrogen) atoms. The number of methoxy groups -OCH3 is 1. The van der Waals surface area contributed by atoms with Crippen LogP contribution in [-0.2, 0) is 11.3 Å². The van der Waals surface area contributed by atoms with Crippen LogP contribution in [0.3, 0.4) is 0 Å². The van der Waals surface area contributed by atoms with Gasteiger partial charge in [-0.25, -0.2) is 0 Å². The molecule has 2 unspecified atom stereocenters. The highest BCUT2D eigenvalue weighted by Gasteiger charge is 2.21. The fourth-order valence-corrected chi connectivity index (χ4v) is 2.57. The van der Waals surface area contributed by atoms with Gasteiger partial charge in [0.15, 0.2) is 0 Å². The first-order valence-corrected chi connectivity index (χ1v) is 5.84. The minimum absolute atomic E-state index is 0.716. The Morgan fingerprint density at radius 3 is 2.47 bits per heavy atom. The molecule has 0 fully saturated rings. The van der Waals surface area contributed by atoms with E-state index in [1.54, 1.807) is 18.2 Å². The SMILES string of the molecule is COCc1ccc2c(c1)C(C)CCC2C. The zero-order chi connectivity index (χ0) is 10.8. The molecule has 1 heteroatoms. The lowest BCUT2D eigenvalue weighted by molar-refractivity contribution is 0.184. The van der Waals surface area contributed by atoms with Crippen molar-refractivity contribution in [3.05, 3.63) is 34.9 Å². The summed E-state index contributed by atoms with van der Waals surface area (Å²) < 4.78 is 5.18. The Bertz CT molecular complexity index is 343. The molecule has 0 saturated heterocycles. The van der Waals surface area contributed by atoms with E-state index < -0.39 is 0 Å². The third-order valence-electron chi connectivity index (χ3n) is 3.56. The predicted octanol–water partition coefficient (Wildman–Crippen LogP) is 3.83. The van der Waals surface area contributed by atoms with Crippen molar-refractivity contribution in [3.8, 4) is 0 Å². The molecule has 2 rings (SSSR count). The maximum Gasteiger partial charge on any atom is 0.0713 e. The molecule has 1 aromatic rings. The van der Waals surface area contributed by atoms with E-state index in [0.29, 0.717) is 5.92 Å². The molecule has 1 aliphatic carbocycles. The van der Waals surface area contributed by atoms with Crippen LogP contribution in [0.1, 0.15) is 55.2 Å². The maximum atomic E-state index is 5.18. The van der Waals surface area contributed by atoms with Crippen LogP contribution in [0, 0.1) is 0 Å². The molecule has 0 saturated carbocycles. The monoisotopic (exact) mass is 204 g/mol. The Hall–Kier alpha value is -0.820. The highest BCUT2D eigenvalue weighted by Crippen LogP contribution is 2.38. The lowest BCUT2D eigenvalue weighted by Gasteiger charge is -2.28. The summed E-state index contributed by atoms with van der Waals surface area (Å²) in [5.41, 5.74) is 4.40. The average Bonchev–Trinajstić information content (AvgIpc) is 2.24. The molecule has 0 aliphatic heterocycles. The molecule has 1 aromatic carbocycles. The number of benzene rings is 1. The molecule has 0 heterocycles. The van der Waals surface area contributed by atoms with Crippen LogP contribution in [-0.4, -0.2) is 7.11 Å². The van der Waals surface area contributed by atoms with Crippen LogP contribution in [0.5, 0.6) is 0 Å². The molecule has 82 valence electrons. The largest absolute Gasteiger partial charge is 0.380 e. The van der Waals surface area contributed by atoms with Gasteiger partial charge in [0.2, 0.25) is 0 Å². The zero-order valence-electron chi connectivity index (χ0n) is 9.92. The van der Waals surface area contributed by atoms with E-state index in [1.807, 2.05) is 0 Å². The van der Waals surface area contributed by atoms with Gasteiger partial charge >= 0.3 is 0 Å². The number of hydrogen-bond donors (Lipinski definition) is 0. The molecular weight excluding hydrogens is 184 g/mol. The highest BCUT2D eigenvalue weighted by molar-refractivity contribution is 5.38. The molecule has 1 aliphatic rings. The standard InChI is InChI=1S/C14H20O/c1-10-4-5-11(2)14-8-12(9-15-3)6-7-13(10)14/h6-8,10-11H,4-5,9H2,1-3H3. The summed E-state index contributed by atoms with van der Waals surface area (Å²) in [4.78, 5) is 0. The highest BCUT2D eigenvalue weighted by atomic mass is 16.5. The van der Waals surface area contributed by atoms with Crippen molar-refractivity contribution in [2.24, 2.45) is 0 Å². The maximum absolute atomic E-state index is 5.18. The quantitative estimate of drug-likeness (QED) is 0.711. The first kappa shape index (κ1) is 10.7. The molecule has 0 spiro atoms. The molecule has 0 radical (unpaired) electrons. The van der Waals surface area contributed by atoms with E-state index in [0.717, 1.165) is 12.5 Å². The third kappa shape index (κ3) is 2.07. The van der Waals surface area contributed by atoms with Gasteiger partial charge in [-0.3, -0.25) is 0 Å². The minimum Gasteiger partial charge on any atom is -0.380 e. The van der Waals surface area contributed by atoms with Gasteiger partial charge in [-0.05, 0) is 41.4 Å². The van der Waals surface area contributed by atoms with Gasteiger partial charge in [0.1, 0.15) is 0 Å². The normalized spacial score (nSPS) is 25.0. The van der Waals surface area contributed by atoms with Crippen LogP contribution in [0.2, 0.25) is 0 Å². The van der Waals surface area contributed by atoms with Crippen LogP contribution in [0.25, 0.3) is 0 Å². The molecule has 1 nitrogen and oxygen atoms in total. The van der Waals surface area contributed by atoms with Crippen molar-refractivity contribution in [1.29, 1.82) is 0 Å². The molecule has 0 N–H and O–H groups in total. The lowest BCUT2D eigenvalue weighted by atomic mass is 9.78. The van der Waals surface area contributed by atoms with Gasteiger partial charge in [-0.1, -0.05) is 32.0 Å². The second kappa shape index (κ2) is 4.36. The van der Waals surface area contributed by atoms with Gasteiger partial charge in [0.05, 0.1) is 6.61 Å². The number of hydrogen-bond acceptors (Lipinski definition) is 1. The van der Waals surface area contributed by atoms with E-state index in [2.05, 4.69) is 32.0 Å². The number of rotatable bonds is 2. The van der Waals surface area contributed by atoms with E-state index >= 15 is 0 Å². The molecule has 0 amide bonds. The summed E-state index contributed by atoms with van der Waals surface area (Å²) in [6.45, 7) is 5.40. The van der Waals surface area contributed by atoms with Gasteiger partial charge < -0.3 is 4.74 Å². The van der Waals surface area contributed by atoms with Crippen molar-refractivity contribution in [2.75, 3.05) is 7.11 Å². The number of fused-ring (bicyclic) bond motifs is 1. The minimum atomic E-state index is 0.716. The van der Waals surface area contributed by atoms with Crippen molar-refractivity contribution < 1.29 is 4.74 Å². The Balaban J connectivity index is 2.36.